The molecule has 158 valence electrons. The number of carbonyl (C=O) groups excluding carboxylic acids is 1. The number of ether oxygens (including phenoxy) is 1. The van der Waals surface area contributed by atoms with E-state index in [0.29, 0.717) is 17.4 Å². The van der Waals surface area contributed by atoms with Crippen LogP contribution in [0, 0.1) is 0 Å². The van der Waals surface area contributed by atoms with Gasteiger partial charge < -0.3 is 20.3 Å². The van der Waals surface area contributed by atoms with E-state index in [9.17, 15) is 4.79 Å². The normalized spacial score (nSPS) is 10.5. The maximum atomic E-state index is 12.1. The fourth-order valence-electron chi connectivity index (χ4n) is 2.68. The second-order valence-corrected chi connectivity index (χ2v) is 8.68. The molecule has 7 nitrogen and oxygen atoms in total. The number of hydrogen-bond donors (Lipinski definition) is 2. The number of methoxy groups -OCH3 is 1. The average Bonchev–Trinajstić information content (AvgIpc) is 3.23. The Balaban J connectivity index is 1.35. The fraction of sp³-hybridized carbons (Fsp3) is 0.286. The third-order valence-electron chi connectivity index (χ3n) is 4.24. The highest BCUT2D eigenvalue weighted by Crippen LogP contribution is 2.28. The number of nitrogens with one attached hydrogen (secondary N) is 2. The fourth-order valence-corrected chi connectivity index (χ4v) is 4.28. The highest BCUT2D eigenvalue weighted by atomic mass is 32.2. The first-order valence-corrected chi connectivity index (χ1v) is 11.3. The molecule has 9 heteroatoms. The molecule has 0 saturated carbocycles. The lowest BCUT2D eigenvalue weighted by Gasteiger charge is -2.19. The van der Waals surface area contributed by atoms with E-state index >= 15 is 0 Å². The number of amides is 1. The lowest BCUT2D eigenvalue weighted by molar-refractivity contribution is -0.118. The molecule has 3 aromatic rings. The van der Waals surface area contributed by atoms with Gasteiger partial charge >= 0.3 is 0 Å². The Morgan fingerprint density at radius 2 is 2.00 bits per heavy atom. The lowest BCUT2D eigenvalue weighted by atomic mass is 10.3. The van der Waals surface area contributed by atoms with Gasteiger partial charge in [-0.05, 0) is 30.7 Å². The molecule has 0 atom stereocenters. The summed E-state index contributed by atoms with van der Waals surface area (Å²) in [6, 6.07) is 17.8. The van der Waals surface area contributed by atoms with Gasteiger partial charge in [0.05, 0.1) is 12.9 Å². The minimum absolute atomic E-state index is 0.000121. The van der Waals surface area contributed by atoms with E-state index in [1.165, 1.54) is 28.8 Å². The van der Waals surface area contributed by atoms with Crippen molar-refractivity contribution in [2.24, 2.45) is 0 Å². The van der Waals surface area contributed by atoms with Crippen molar-refractivity contribution in [1.82, 2.24) is 15.5 Å². The van der Waals surface area contributed by atoms with Crippen molar-refractivity contribution in [1.29, 1.82) is 0 Å². The quantitative estimate of drug-likeness (QED) is 0.342. The maximum absolute atomic E-state index is 12.1. The molecule has 30 heavy (non-hydrogen) atoms. The van der Waals surface area contributed by atoms with Crippen molar-refractivity contribution in [2.45, 2.75) is 10.8 Å². The van der Waals surface area contributed by atoms with Crippen LogP contribution in [-0.2, 0) is 4.79 Å². The van der Waals surface area contributed by atoms with Crippen LogP contribution in [-0.4, -0.2) is 49.1 Å². The van der Waals surface area contributed by atoms with Crippen LogP contribution in [0.4, 0.5) is 16.5 Å². The summed E-state index contributed by atoms with van der Waals surface area (Å²) in [6.45, 7) is 1.53. The van der Waals surface area contributed by atoms with Crippen molar-refractivity contribution in [3.63, 3.8) is 0 Å². The van der Waals surface area contributed by atoms with Crippen molar-refractivity contribution < 1.29 is 9.53 Å². The predicted octanol–water partition coefficient (Wildman–Crippen LogP) is 4.03. The molecule has 0 aliphatic rings. The number of benzene rings is 2. The van der Waals surface area contributed by atoms with Gasteiger partial charge in [0.25, 0.3) is 0 Å². The molecule has 0 saturated heterocycles. The monoisotopic (exact) mass is 443 g/mol. The molecule has 0 bridgehead atoms. The number of nitrogens with zero attached hydrogens (tertiary/aromatic N) is 3. The van der Waals surface area contributed by atoms with Gasteiger partial charge in [0.2, 0.25) is 11.0 Å². The Bertz CT molecular complexity index is 936. The van der Waals surface area contributed by atoms with E-state index < -0.39 is 0 Å². The first-order chi connectivity index (χ1) is 14.6. The zero-order valence-corrected chi connectivity index (χ0v) is 18.6. The first-order valence-electron chi connectivity index (χ1n) is 9.54. The van der Waals surface area contributed by atoms with Crippen molar-refractivity contribution in [3.05, 3.63) is 54.6 Å². The molecule has 0 radical (unpaired) electrons. The number of rotatable bonds is 11. The maximum Gasteiger partial charge on any atom is 0.230 e. The summed E-state index contributed by atoms with van der Waals surface area (Å²) in [7, 11) is 3.69. The number of hydrogen-bond acceptors (Lipinski definition) is 8. The standard InChI is InChI=1S/C21H25N5O2S2/c1-26(17-9-4-3-5-10-17)13-7-12-22-19(27)15-29-21-25-24-20(30-21)23-16-8-6-11-18(14-16)28-2/h3-6,8-11,14H,7,12-13,15H2,1-2H3,(H,22,27)(H,23,24). The molecular weight excluding hydrogens is 418 g/mol. The Morgan fingerprint density at radius 3 is 2.80 bits per heavy atom. The molecule has 2 aromatic carbocycles. The van der Waals surface area contributed by atoms with Gasteiger partial charge in [0.15, 0.2) is 4.34 Å². The highest BCUT2D eigenvalue weighted by Gasteiger charge is 2.09. The Hall–Kier alpha value is -2.78. The van der Waals surface area contributed by atoms with Gasteiger partial charge in [-0.2, -0.15) is 0 Å². The molecule has 1 aromatic heterocycles. The number of anilines is 3. The molecule has 1 heterocycles. The SMILES string of the molecule is COc1cccc(Nc2nnc(SCC(=O)NCCCN(C)c3ccccc3)s2)c1. The van der Waals surface area contributed by atoms with Gasteiger partial charge in [-0.3, -0.25) is 4.79 Å². The van der Waals surface area contributed by atoms with E-state index in [4.69, 9.17) is 4.74 Å². The second kappa shape index (κ2) is 11.4. The van der Waals surface area contributed by atoms with E-state index in [1.54, 1.807) is 7.11 Å². The van der Waals surface area contributed by atoms with Crippen LogP contribution in [0.15, 0.2) is 58.9 Å². The van der Waals surface area contributed by atoms with E-state index in [1.807, 2.05) is 42.5 Å². The molecule has 2 N–H and O–H groups in total. The third kappa shape index (κ3) is 6.93. The zero-order chi connectivity index (χ0) is 21.2. The summed E-state index contributed by atoms with van der Waals surface area (Å²) >= 11 is 2.80. The predicted molar refractivity (Wildman–Crippen MR) is 124 cm³/mol. The number of aromatic nitrogens is 2. The van der Waals surface area contributed by atoms with Gasteiger partial charge in [0, 0.05) is 37.6 Å². The van der Waals surface area contributed by atoms with E-state index in [2.05, 4.69) is 44.9 Å². The number of carbonyl (C=O) groups is 1. The minimum Gasteiger partial charge on any atom is -0.497 e. The average molecular weight is 444 g/mol. The number of para-hydroxylation sites is 1. The van der Waals surface area contributed by atoms with Crippen LogP contribution in [0.2, 0.25) is 0 Å². The van der Waals surface area contributed by atoms with Crippen LogP contribution < -0.4 is 20.3 Å². The van der Waals surface area contributed by atoms with Gasteiger partial charge in [-0.15, -0.1) is 10.2 Å². The van der Waals surface area contributed by atoms with E-state index in [-0.39, 0.29) is 5.91 Å². The summed E-state index contributed by atoms with van der Waals surface area (Å²) in [5, 5.41) is 15.1. The largest absolute Gasteiger partial charge is 0.497 e. The number of thioether (sulfide) groups is 1. The van der Waals surface area contributed by atoms with E-state index in [0.717, 1.165) is 28.7 Å². The van der Waals surface area contributed by atoms with Crippen molar-refractivity contribution in [2.75, 3.05) is 43.2 Å². The molecule has 0 spiro atoms. The van der Waals surface area contributed by atoms with Crippen LogP contribution >= 0.6 is 23.1 Å². The Labute approximate surface area is 184 Å². The summed E-state index contributed by atoms with van der Waals surface area (Å²) in [4.78, 5) is 14.3. The van der Waals surface area contributed by atoms with Gasteiger partial charge in [-0.25, -0.2) is 0 Å². The molecule has 3 rings (SSSR count). The van der Waals surface area contributed by atoms with Gasteiger partial charge in [-0.1, -0.05) is 47.4 Å². The Kier molecular flexibility index (Phi) is 8.34. The first kappa shape index (κ1) is 21.9. The third-order valence-corrected chi connectivity index (χ3v) is 6.22. The second-order valence-electron chi connectivity index (χ2n) is 6.48. The molecular formula is C21H25N5O2S2. The van der Waals surface area contributed by atoms with Crippen LogP contribution in [0.25, 0.3) is 0 Å². The topological polar surface area (TPSA) is 79.4 Å². The summed E-state index contributed by atoms with van der Waals surface area (Å²) in [6.07, 6.45) is 0.884. The molecule has 0 unspecified atom stereocenters. The van der Waals surface area contributed by atoms with Crippen LogP contribution in [0.1, 0.15) is 6.42 Å². The van der Waals surface area contributed by atoms with Crippen LogP contribution in [0.5, 0.6) is 5.75 Å². The molecule has 0 aliphatic heterocycles. The lowest BCUT2D eigenvalue weighted by Crippen LogP contribution is -2.29. The van der Waals surface area contributed by atoms with Crippen molar-refractivity contribution >= 4 is 45.5 Å². The molecule has 1 amide bonds. The summed E-state index contributed by atoms with van der Waals surface area (Å²) < 4.78 is 5.96. The molecule has 0 aliphatic carbocycles. The smallest absolute Gasteiger partial charge is 0.230 e. The Morgan fingerprint density at radius 1 is 1.17 bits per heavy atom. The minimum atomic E-state index is -0.000121. The van der Waals surface area contributed by atoms with Crippen LogP contribution in [0.3, 0.4) is 0 Å². The summed E-state index contributed by atoms with van der Waals surface area (Å²) in [5.41, 5.74) is 2.05. The van der Waals surface area contributed by atoms with Gasteiger partial charge in [0.1, 0.15) is 5.75 Å². The highest BCUT2D eigenvalue weighted by molar-refractivity contribution is 8.01. The molecule has 0 fully saturated rings. The summed E-state index contributed by atoms with van der Waals surface area (Å²) in [5.74, 6) is 1.09. The van der Waals surface area contributed by atoms with Crippen molar-refractivity contribution in [3.8, 4) is 5.75 Å². The zero-order valence-electron chi connectivity index (χ0n) is 17.0.